The molecule has 1 amide bonds. The first kappa shape index (κ1) is 20.0. The third kappa shape index (κ3) is 5.88. The van der Waals surface area contributed by atoms with E-state index < -0.39 is 0 Å². The van der Waals surface area contributed by atoms with E-state index in [9.17, 15) is 4.79 Å². The Balaban J connectivity index is 1.88. The van der Waals surface area contributed by atoms with E-state index in [-0.39, 0.29) is 11.9 Å². The first-order valence-corrected chi connectivity index (χ1v) is 9.18. The third-order valence-electron chi connectivity index (χ3n) is 4.66. The number of carbonyl (C=O) groups excluding carboxylic acids is 1. The summed E-state index contributed by atoms with van der Waals surface area (Å²) in [6, 6.07) is 16.7. The molecule has 140 valence electrons. The third-order valence-corrected chi connectivity index (χ3v) is 4.66. The average Bonchev–Trinajstić information content (AvgIpc) is 2.67. The van der Waals surface area contributed by atoms with Gasteiger partial charge in [0.05, 0.1) is 13.2 Å². The highest BCUT2D eigenvalue weighted by atomic mass is 16.5. The van der Waals surface area contributed by atoms with Crippen molar-refractivity contribution >= 4 is 5.91 Å². The van der Waals surface area contributed by atoms with Gasteiger partial charge in [0.25, 0.3) is 0 Å². The predicted octanol–water partition coefficient (Wildman–Crippen LogP) is 3.61. The maximum atomic E-state index is 12.3. The van der Waals surface area contributed by atoms with Crippen molar-refractivity contribution in [2.45, 2.75) is 32.2 Å². The summed E-state index contributed by atoms with van der Waals surface area (Å²) in [6.45, 7) is 2.76. The van der Waals surface area contributed by atoms with Gasteiger partial charge in [0.1, 0.15) is 5.75 Å². The number of benzene rings is 2. The van der Waals surface area contributed by atoms with Crippen LogP contribution in [-0.4, -0.2) is 38.6 Å². The number of methoxy groups -OCH3 is 1. The summed E-state index contributed by atoms with van der Waals surface area (Å²) >= 11 is 0. The van der Waals surface area contributed by atoms with Crippen molar-refractivity contribution in [2.75, 3.05) is 27.7 Å². The lowest BCUT2D eigenvalue weighted by atomic mass is 10.0. The van der Waals surface area contributed by atoms with Crippen molar-refractivity contribution in [2.24, 2.45) is 0 Å². The summed E-state index contributed by atoms with van der Waals surface area (Å²) in [6.07, 6.45) is 2.22. The Hall–Kier alpha value is -2.33. The van der Waals surface area contributed by atoms with E-state index in [1.807, 2.05) is 38.4 Å². The van der Waals surface area contributed by atoms with Gasteiger partial charge in [-0.2, -0.15) is 0 Å². The summed E-state index contributed by atoms with van der Waals surface area (Å²) in [5, 5.41) is 3.08. The Morgan fingerprint density at radius 2 is 1.85 bits per heavy atom. The van der Waals surface area contributed by atoms with Gasteiger partial charge in [-0.05, 0) is 55.8 Å². The predicted molar refractivity (Wildman–Crippen MR) is 107 cm³/mol. The zero-order chi connectivity index (χ0) is 18.9. The van der Waals surface area contributed by atoms with Crippen LogP contribution < -0.4 is 10.1 Å². The summed E-state index contributed by atoms with van der Waals surface area (Å²) in [7, 11) is 5.74. The van der Waals surface area contributed by atoms with E-state index >= 15 is 0 Å². The quantitative estimate of drug-likeness (QED) is 0.748. The van der Waals surface area contributed by atoms with Gasteiger partial charge in [0.15, 0.2) is 0 Å². The van der Waals surface area contributed by atoms with Crippen LogP contribution in [-0.2, 0) is 17.6 Å². The van der Waals surface area contributed by atoms with Crippen LogP contribution in [0.1, 0.15) is 36.1 Å². The molecule has 0 heterocycles. The standard InChI is InChI=1S/C22H30N2O2/c1-5-17-9-12-19(13-10-17)21(24(2)3)16-23-22(25)14-11-18-7-6-8-20(15-18)26-4/h6-10,12-13,15,21H,5,11,14,16H2,1-4H3,(H,23,25). The SMILES string of the molecule is CCc1ccc(C(CNC(=O)CCc2cccc(OC)c2)N(C)C)cc1. The zero-order valence-corrected chi connectivity index (χ0v) is 16.3. The summed E-state index contributed by atoms with van der Waals surface area (Å²) in [5.41, 5.74) is 3.66. The number of carbonyl (C=O) groups is 1. The molecule has 0 fully saturated rings. The van der Waals surface area contributed by atoms with Crippen molar-refractivity contribution in [1.82, 2.24) is 10.2 Å². The van der Waals surface area contributed by atoms with Crippen LogP contribution in [0.15, 0.2) is 48.5 Å². The van der Waals surface area contributed by atoms with Crippen LogP contribution in [0, 0.1) is 0 Å². The lowest BCUT2D eigenvalue weighted by molar-refractivity contribution is -0.121. The summed E-state index contributed by atoms with van der Waals surface area (Å²) < 4.78 is 5.23. The number of hydrogen-bond donors (Lipinski definition) is 1. The molecule has 1 atom stereocenters. The molecule has 0 spiro atoms. The molecular weight excluding hydrogens is 324 g/mol. The Labute approximate surface area is 157 Å². The fraction of sp³-hybridized carbons (Fsp3) is 0.409. The van der Waals surface area contributed by atoms with Crippen LogP contribution in [0.3, 0.4) is 0 Å². The summed E-state index contributed by atoms with van der Waals surface area (Å²) in [5.74, 6) is 0.899. The molecule has 26 heavy (non-hydrogen) atoms. The number of nitrogens with one attached hydrogen (secondary N) is 1. The van der Waals surface area contributed by atoms with E-state index in [0.29, 0.717) is 19.4 Å². The molecular formula is C22H30N2O2. The molecule has 0 saturated heterocycles. The molecule has 4 heteroatoms. The van der Waals surface area contributed by atoms with Gasteiger partial charge in [-0.25, -0.2) is 0 Å². The first-order chi connectivity index (χ1) is 12.5. The Bertz CT molecular complexity index is 696. The molecule has 1 unspecified atom stereocenters. The number of amides is 1. The molecule has 0 saturated carbocycles. The van der Waals surface area contributed by atoms with Crippen LogP contribution in [0.2, 0.25) is 0 Å². The smallest absolute Gasteiger partial charge is 0.220 e. The average molecular weight is 354 g/mol. The van der Waals surface area contributed by atoms with E-state index in [4.69, 9.17) is 4.74 Å². The van der Waals surface area contributed by atoms with Gasteiger partial charge >= 0.3 is 0 Å². The van der Waals surface area contributed by atoms with Crippen LogP contribution in [0.4, 0.5) is 0 Å². The lowest BCUT2D eigenvalue weighted by Gasteiger charge is -2.25. The highest BCUT2D eigenvalue weighted by Crippen LogP contribution is 2.18. The molecule has 0 aliphatic heterocycles. The van der Waals surface area contributed by atoms with Crippen LogP contribution >= 0.6 is 0 Å². The Morgan fingerprint density at radius 1 is 1.12 bits per heavy atom. The molecule has 0 aromatic heterocycles. The molecule has 1 N–H and O–H groups in total. The molecule has 2 rings (SSSR count). The van der Waals surface area contributed by atoms with Crippen molar-refractivity contribution < 1.29 is 9.53 Å². The highest BCUT2D eigenvalue weighted by Gasteiger charge is 2.15. The van der Waals surface area contributed by atoms with Gasteiger partial charge < -0.3 is 15.0 Å². The highest BCUT2D eigenvalue weighted by molar-refractivity contribution is 5.76. The van der Waals surface area contributed by atoms with Gasteiger partial charge in [-0.15, -0.1) is 0 Å². The molecule has 2 aromatic carbocycles. The lowest BCUT2D eigenvalue weighted by Crippen LogP contribution is -2.34. The fourth-order valence-electron chi connectivity index (χ4n) is 2.96. The number of aryl methyl sites for hydroxylation is 2. The van der Waals surface area contributed by atoms with Crippen molar-refractivity contribution in [3.05, 3.63) is 65.2 Å². The molecule has 0 aliphatic carbocycles. The van der Waals surface area contributed by atoms with E-state index in [1.165, 1.54) is 11.1 Å². The van der Waals surface area contributed by atoms with Gasteiger partial charge in [-0.3, -0.25) is 4.79 Å². The number of ether oxygens (including phenoxy) is 1. The van der Waals surface area contributed by atoms with Gasteiger partial charge in [0.2, 0.25) is 5.91 Å². The van der Waals surface area contributed by atoms with Crippen molar-refractivity contribution in [1.29, 1.82) is 0 Å². The number of nitrogens with zero attached hydrogens (tertiary/aromatic N) is 1. The van der Waals surface area contributed by atoms with Gasteiger partial charge in [-0.1, -0.05) is 43.3 Å². The second-order valence-electron chi connectivity index (χ2n) is 6.73. The fourth-order valence-corrected chi connectivity index (χ4v) is 2.96. The summed E-state index contributed by atoms with van der Waals surface area (Å²) in [4.78, 5) is 14.4. The monoisotopic (exact) mass is 354 g/mol. The molecule has 0 radical (unpaired) electrons. The minimum Gasteiger partial charge on any atom is -0.497 e. The topological polar surface area (TPSA) is 41.6 Å². The normalized spacial score (nSPS) is 12.0. The number of likely N-dealkylation sites (N-methyl/N-ethyl adjacent to an activating group) is 1. The molecule has 4 nitrogen and oxygen atoms in total. The second kappa shape index (κ2) is 9.97. The maximum absolute atomic E-state index is 12.3. The second-order valence-corrected chi connectivity index (χ2v) is 6.73. The van der Waals surface area contributed by atoms with Crippen molar-refractivity contribution in [3.63, 3.8) is 0 Å². The van der Waals surface area contributed by atoms with E-state index in [2.05, 4.69) is 41.4 Å². The van der Waals surface area contributed by atoms with E-state index in [0.717, 1.165) is 17.7 Å². The largest absolute Gasteiger partial charge is 0.497 e. The van der Waals surface area contributed by atoms with E-state index in [1.54, 1.807) is 7.11 Å². The molecule has 0 aliphatic rings. The maximum Gasteiger partial charge on any atom is 0.220 e. The minimum absolute atomic E-state index is 0.0739. The number of rotatable bonds is 9. The zero-order valence-electron chi connectivity index (χ0n) is 16.3. The molecule has 2 aromatic rings. The van der Waals surface area contributed by atoms with Crippen LogP contribution in [0.5, 0.6) is 5.75 Å². The molecule has 0 bridgehead atoms. The minimum atomic E-state index is 0.0739. The van der Waals surface area contributed by atoms with Crippen LogP contribution in [0.25, 0.3) is 0 Å². The Kier molecular flexibility index (Phi) is 7.67. The Morgan fingerprint density at radius 3 is 2.46 bits per heavy atom. The number of hydrogen-bond acceptors (Lipinski definition) is 3. The van der Waals surface area contributed by atoms with Crippen molar-refractivity contribution in [3.8, 4) is 5.75 Å². The first-order valence-electron chi connectivity index (χ1n) is 9.18. The van der Waals surface area contributed by atoms with Gasteiger partial charge in [0, 0.05) is 13.0 Å².